The van der Waals surface area contributed by atoms with Gasteiger partial charge in [-0.1, -0.05) is 22.9 Å². The Balaban J connectivity index is 2.48. The fourth-order valence-electron chi connectivity index (χ4n) is 2.15. The van der Waals surface area contributed by atoms with E-state index in [1.807, 2.05) is 6.07 Å². The van der Waals surface area contributed by atoms with Gasteiger partial charge in [-0.05, 0) is 42.5 Å². The third-order valence-corrected chi connectivity index (χ3v) is 3.48. The number of halogens is 1. The number of anilines is 1. The molecule has 1 N–H and O–H groups in total. The van der Waals surface area contributed by atoms with Crippen LogP contribution in [0.3, 0.4) is 0 Å². The largest absolute Gasteiger partial charge is 0.319 e. The minimum Gasteiger partial charge on any atom is -0.319 e. The molecule has 0 spiro atoms. The first kappa shape index (κ1) is 12.3. The number of Topliss-reactive ketones (excluding diaryl/α,β-unsaturated/α-hetero) is 1. The number of benzene rings is 1. The Bertz CT molecular complexity index is 483. The molecule has 1 aromatic rings. The molecular weight excluding hydrogens is 282 g/mol. The third kappa shape index (κ3) is 2.57. The van der Waals surface area contributed by atoms with Crippen molar-refractivity contribution in [2.24, 2.45) is 0 Å². The highest BCUT2D eigenvalue weighted by Gasteiger charge is 2.20. The quantitative estimate of drug-likeness (QED) is 0.810. The van der Waals surface area contributed by atoms with Crippen LogP contribution in [-0.4, -0.2) is 11.7 Å². The predicted octanol–water partition coefficient (Wildman–Crippen LogP) is 2.86. The second-order valence-corrected chi connectivity index (χ2v) is 5.09. The summed E-state index contributed by atoms with van der Waals surface area (Å²) >= 11 is 3.43. The normalized spacial score (nSPS) is 15.9. The average molecular weight is 296 g/mol. The van der Waals surface area contributed by atoms with Crippen molar-refractivity contribution in [3.8, 4) is 0 Å². The van der Waals surface area contributed by atoms with Crippen LogP contribution in [0.25, 0.3) is 0 Å². The molecule has 1 aliphatic heterocycles. The van der Waals surface area contributed by atoms with Gasteiger partial charge in [-0.25, -0.2) is 0 Å². The zero-order valence-corrected chi connectivity index (χ0v) is 11.3. The minimum absolute atomic E-state index is 0.325. The van der Waals surface area contributed by atoms with Gasteiger partial charge in [-0.3, -0.25) is 9.59 Å². The first-order valence-electron chi connectivity index (χ1n) is 5.77. The molecule has 0 atom stereocenters. The maximum Gasteiger partial charge on any atom is 0.291 e. The third-order valence-electron chi connectivity index (χ3n) is 3.02. The molecule has 17 heavy (non-hydrogen) atoms. The van der Waals surface area contributed by atoms with E-state index in [4.69, 9.17) is 0 Å². The van der Waals surface area contributed by atoms with Crippen LogP contribution in [0.1, 0.15) is 30.9 Å². The lowest BCUT2D eigenvalue weighted by atomic mass is 9.95. The van der Waals surface area contributed by atoms with E-state index >= 15 is 0 Å². The van der Waals surface area contributed by atoms with E-state index < -0.39 is 5.91 Å². The van der Waals surface area contributed by atoms with Crippen LogP contribution in [0.5, 0.6) is 0 Å². The fourth-order valence-corrected chi connectivity index (χ4v) is 2.65. The van der Waals surface area contributed by atoms with Crippen LogP contribution >= 0.6 is 15.9 Å². The number of carbonyl (C=O) groups excluding carboxylic acids is 2. The molecule has 1 aromatic carbocycles. The van der Waals surface area contributed by atoms with E-state index in [-0.39, 0.29) is 5.78 Å². The van der Waals surface area contributed by atoms with E-state index in [1.165, 1.54) is 5.56 Å². The van der Waals surface area contributed by atoms with E-state index in [2.05, 4.69) is 34.2 Å². The summed E-state index contributed by atoms with van der Waals surface area (Å²) in [5.41, 5.74) is 3.16. The second kappa shape index (κ2) is 5.00. The molecule has 2 rings (SSSR count). The molecule has 1 aliphatic rings. The zero-order valence-electron chi connectivity index (χ0n) is 9.68. The van der Waals surface area contributed by atoms with Gasteiger partial charge in [0.15, 0.2) is 0 Å². The first-order chi connectivity index (χ1) is 8.11. The molecule has 4 heteroatoms. The summed E-state index contributed by atoms with van der Waals surface area (Å²) in [6, 6.07) is 3.94. The molecule has 0 saturated carbocycles. The average Bonchev–Trinajstić information content (AvgIpc) is 2.29. The van der Waals surface area contributed by atoms with Crippen molar-refractivity contribution in [3.63, 3.8) is 0 Å². The number of aryl methyl sites for hydroxylation is 1. The Labute approximate surface area is 109 Å². The maximum atomic E-state index is 11.6. The van der Waals surface area contributed by atoms with Gasteiger partial charge in [0.1, 0.15) is 0 Å². The minimum atomic E-state index is -0.494. The lowest BCUT2D eigenvalue weighted by Gasteiger charge is -2.18. The molecule has 0 radical (unpaired) electrons. The van der Waals surface area contributed by atoms with Crippen LogP contribution in [0.4, 0.5) is 5.69 Å². The number of fused-ring (bicyclic) bond motifs is 1. The summed E-state index contributed by atoms with van der Waals surface area (Å²) in [6.07, 6.45) is 2.85. The molecular formula is C13H14BrNO2. The van der Waals surface area contributed by atoms with Crippen LogP contribution in [0.15, 0.2) is 16.6 Å². The van der Waals surface area contributed by atoms with Gasteiger partial charge in [-0.15, -0.1) is 0 Å². The van der Waals surface area contributed by atoms with E-state index in [0.29, 0.717) is 6.42 Å². The summed E-state index contributed by atoms with van der Waals surface area (Å²) in [5, 5.41) is 2.71. The number of hydrogen-bond acceptors (Lipinski definition) is 2. The SMILES string of the molecule is CCc1cc(Br)cc2c1CCCC(=O)C(=O)N2. The molecule has 0 saturated heterocycles. The summed E-state index contributed by atoms with van der Waals surface area (Å²) < 4.78 is 0.932. The summed E-state index contributed by atoms with van der Waals surface area (Å²) in [7, 11) is 0. The molecule has 0 fully saturated rings. The van der Waals surface area contributed by atoms with Gasteiger partial charge in [0.25, 0.3) is 5.91 Å². The van der Waals surface area contributed by atoms with Crippen molar-refractivity contribution in [2.45, 2.75) is 32.6 Å². The van der Waals surface area contributed by atoms with Crippen molar-refractivity contribution >= 4 is 33.3 Å². The van der Waals surface area contributed by atoms with Crippen molar-refractivity contribution in [2.75, 3.05) is 5.32 Å². The number of ketones is 1. The number of nitrogens with one attached hydrogen (secondary N) is 1. The Kier molecular flexibility index (Phi) is 3.62. The van der Waals surface area contributed by atoms with Crippen LogP contribution < -0.4 is 5.32 Å². The predicted molar refractivity (Wildman–Crippen MR) is 70.1 cm³/mol. The van der Waals surface area contributed by atoms with E-state index in [0.717, 1.165) is 35.0 Å². The zero-order chi connectivity index (χ0) is 12.4. The van der Waals surface area contributed by atoms with Gasteiger partial charge in [0.2, 0.25) is 5.78 Å². The van der Waals surface area contributed by atoms with E-state index in [1.54, 1.807) is 0 Å². The lowest BCUT2D eigenvalue weighted by Crippen LogP contribution is -2.25. The number of hydrogen-bond donors (Lipinski definition) is 1. The van der Waals surface area contributed by atoms with Crippen molar-refractivity contribution in [1.82, 2.24) is 0 Å². The molecule has 0 aliphatic carbocycles. The number of rotatable bonds is 1. The summed E-state index contributed by atoms with van der Waals surface area (Å²) in [4.78, 5) is 23.0. The van der Waals surface area contributed by atoms with Crippen molar-refractivity contribution in [3.05, 3.63) is 27.7 Å². The van der Waals surface area contributed by atoms with Gasteiger partial charge in [-0.2, -0.15) is 0 Å². The molecule has 1 amide bonds. The Hall–Kier alpha value is -1.16. The molecule has 1 heterocycles. The Morgan fingerprint density at radius 1 is 1.29 bits per heavy atom. The standard InChI is InChI=1S/C13H14BrNO2/c1-2-8-6-9(14)7-11-10(8)4-3-5-12(16)13(17)15-11/h6-7H,2-5H2,1H3,(H,15,17). The maximum absolute atomic E-state index is 11.6. The van der Waals surface area contributed by atoms with Crippen LogP contribution in [0.2, 0.25) is 0 Å². The topological polar surface area (TPSA) is 46.2 Å². The Morgan fingerprint density at radius 2 is 2.06 bits per heavy atom. The second-order valence-electron chi connectivity index (χ2n) is 4.18. The van der Waals surface area contributed by atoms with Gasteiger partial charge in [0, 0.05) is 16.6 Å². The molecule has 0 aromatic heterocycles. The van der Waals surface area contributed by atoms with Gasteiger partial charge < -0.3 is 5.32 Å². The van der Waals surface area contributed by atoms with Crippen molar-refractivity contribution < 1.29 is 9.59 Å². The van der Waals surface area contributed by atoms with Gasteiger partial charge >= 0.3 is 0 Å². The highest BCUT2D eigenvalue weighted by atomic mass is 79.9. The van der Waals surface area contributed by atoms with Crippen LogP contribution in [0, 0.1) is 0 Å². The fraction of sp³-hybridized carbons (Fsp3) is 0.385. The van der Waals surface area contributed by atoms with Gasteiger partial charge in [0.05, 0.1) is 0 Å². The number of carbonyl (C=O) groups is 2. The summed E-state index contributed by atoms with van der Waals surface area (Å²) in [6.45, 7) is 2.09. The van der Waals surface area contributed by atoms with E-state index in [9.17, 15) is 9.59 Å². The number of amides is 1. The highest BCUT2D eigenvalue weighted by molar-refractivity contribution is 9.10. The highest BCUT2D eigenvalue weighted by Crippen LogP contribution is 2.29. The lowest BCUT2D eigenvalue weighted by molar-refractivity contribution is -0.134. The Morgan fingerprint density at radius 3 is 2.76 bits per heavy atom. The van der Waals surface area contributed by atoms with Crippen LogP contribution in [-0.2, 0) is 22.4 Å². The first-order valence-corrected chi connectivity index (χ1v) is 6.56. The molecule has 0 unspecified atom stereocenters. The molecule has 0 bridgehead atoms. The molecule has 3 nitrogen and oxygen atoms in total. The summed E-state index contributed by atoms with van der Waals surface area (Å²) in [5.74, 6) is -0.820. The van der Waals surface area contributed by atoms with Crippen molar-refractivity contribution in [1.29, 1.82) is 0 Å². The smallest absolute Gasteiger partial charge is 0.291 e. The molecule has 90 valence electrons. The monoisotopic (exact) mass is 295 g/mol.